The van der Waals surface area contributed by atoms with Crippen molar-refractivity contribution in [3.05, 3.63) is 23.8 Å². The SMILES string of the molecule is CCOC(=O)CCSc1ccc(C(F)(F)F)cc1N. The second-order valence-electron chi connectivity index (χ2n) is 3.65. The Morgan fingerprint density at radius 3 is 2.63 bits per heavy atom. The minimum atomic E-state index is -4.40. The Balaban J connectivity index is 2.58. The maximum absolute atomic E-state index is 12.4. The van der Waals surface area contributed by atoms with E-state index in [1.54, 1.807) is 6.92 Å². The molecule has 0 atom stereocenters. The second-order valence-corrected chi connectivity index (χ2v) is 4.79. The Morgan fingerprint density at radius 2 is 2.11 bits per heavy atom. The standard InChI is InChI=1S/C12H14F3NO2S/c1-2-18-11(17)5-6-19-10-4-3-8(7-9(10)16)12(13,14)15/h3-4,7H,2,5-6,16H2,1H3. The van der Waals surface area contributed by atoms with Gasteiger partial charge in [-0.25, -0.2) is 0 Å². The van der Waals surface area contributed by atoms with Gasteiger partial charge >= 0.3 is 12.1 Å². The summed E-state index contributed by atoms with van der Waals surface area (Å²) < 4.78 is 42.0. The molecule has 0 amide bonds. The first kappa shape index (κ1) is 15.7. The molecule has 0 saturated heterocycles. The number of carbonyl (C=O) groups is 1. The molecule has 0 aliphatic rings. The maximum atomic E-state index is 12.4. The minimum absolute atomic E-state index is 0.0590. The summed E-state index contributed by atoms with van der Waals surface area (Å²) in [6, 6.07) is 3.18. The number of nitrogens with two attached hydrogens (primary N) is 1. The van der Waals surface area contributed by atoms with E-state index in [0.29, 0.717) is 17.3 Å². The first-order chi connectivity index (χ1) is 8.84. The second kappa shape index (κ2) is 6.70. The van der Waals surface area contributed by atoms with Crippen molar-refractivity contribution in [2.24, 2.45) is 0 Å². The van der Waals surface area contributed by atoms with Crippen LogP contribution >= 0.6 is 11.8 Å². The van der Waals surface area contributed by atoms with Crippen LogP contribution in [-0.4, -0.2) is 18.3 Å². The molecule has 0 unspecified atom stereocenters. The number of benzene rings is 1. The molecule has 0 aromatic heterocycles. The summed E-state index contributed by atoms with van der Waals surface area (Å²) in [5, 5.41) is 0. The molecule has 7 heteroatoms. The molecule has 0 radical (unpaired) electrons. The Labute approximate surface area is 113 Å². The summed E-state index contributed by atoms with van der Waals surface area (Å²) in [4.78, 5) is 11.6. The lowest BCUT2D eigenvalue weighted by Crippen LogP contribution is -2.06. The minimum Gasteiger partial charge on any atom is -0.466 e. The highest BCUT2D eigenvalue weighted by molar-refractivity contribution is 7.99. The van der Waals surface area contributed by atoms with Gasteiger partial charge in [-0.15, -0.1) is 11.8 Å². The third-order valence-corrected chi connectivity index (χ3v) is 3.30. The smallest absolute Gasteiger partial charge is 0.416 e. The molecule has 19 heavy (non-hydrogen) atoms. The molecule has 0 fully saturated rings. The van der Waals surface area contributed by atoms with E-state index in [1.807, 2.05) is 0 Å². The fourth-order valence-electron chi connectivity index (χ4n) is 1.33. The molecule has 1 aromatic rings. The molecule has 1 aromatic carbocycles. The van der Waals surface area contributed by atoms with Crippen LogP contribution in [-0.2, 0) is 15.7 Å². The van der Waals surface area contributed by atoms with Gasteiger partial charge in [0.25, 0.3) is 0 Å². The van der Waals surface area contributed by atoms with Crippen LogP contribution in [0.4, 0.5) is 18.9 Å². The lowest BCUT2D eigenvalue weighted by atomic mass is 10.2. The van der Waals surface area contributed by atoms with Crippen molar-refractivity contribution in [1.82, 2.24) is 0 Å². The predicted octanol–water partition coefficient (Wildman–Crippen LogP) is 3.33. The van der Waals surface area contributed by atoms with E-state index in [1.165, 1.54) is 17.8 Å². The number of esters is 1. The van der Waals surface area contributed by atoms with Gasteiger partial charge in [-0.2, -0.15) is 13.2 Å². The van der Waals surface area contributed by atoms with E-state index in [-0.39, 0.29) is 18.1 Å². The highest BCUT2D eigenvalue weighted by atomic mass is 32.2. The monoisotopic (exact) mass is 293 g/mol. The van der Waals surface area contributed by atoms with Gasteiger partial charge in [0.05, 0.1) is 18.6 Å². The van der Waals surface area contributed by atoms with Gasteiger partial charge in [-0.3, -0.25) is 4.79 Å². The number of hydrogen-bond acceptors (Lipinski definition) is 4. The number of ether oxygens (including phenoxy) is 1. The fraction of sp³-hybridized carbons (Fsp3) is 0.417. The van der Waals surface area contributed by atoms with Crippen LogP contribution in [0.3, 0.4) is 0 Å². The summed E-state index contributed by atoms with van der Waals surface area (Å²) in [5.41, 5.74) is 4.84. The Morgan fingerprint density at radius 1 is 1.42 bits per heavy atom. The van der Waals surface area contributed by atoms with Crippen molar-refractivity contribution >= 4 is 23.4 Å². The Bertz CT molecular complexity index is 449. The number of anilines is 1. The van der Waals surface area contributed by atoms with Crippen molar-refractivity contribution in [1.29, 1.82) is 0 Å². The number of halogens is 3. The fourth-order valence-corrected chi connectivity index (χ4v) is 2.21. The van der Waals surface area contributed by atoms with Crippen molar-refractivity contribution in [2.45, 2.75) is 24.4 Å². The molecule has 0 heterocycles. The highest BCUT2D eigenvalue weighted by Crippen LogP contribution is 2.34. The number of hydrogen-bond donors (Lipinski definition) is 1. The summed E-state index contributed by atoms with van der Waals surface area (Å²) in [7, 11) is 0. The number of rotatable bonds is 5. The van der Waals surface area contributed by atoms with Crippen molar-refractivity contribution in [3.63, 3.8) is 0 Å². The van der Waals surface area contributed by atoms with E-state index < -0.39 is 11.7 Å². The average molecular weight is 293 g/mol. The number of carbonyl (C=O) groups excluding carboxylic acids is 1. The number of thioether (sulfide) groups is 1. The van der Waals surface area contributed by atoms with E-state index in [9.17, 15) is 18.0 Å². The summed E-state index contributed by atoms with van der Waals surface area (Å²) >= 11 is 1.23. The first-order valence-corrected chi connectivity index (χ1v) is 6.58. The molecule has 0 aliphatic carbocycles. The maximum Gasteiger partial charge on any atom is 0.416 e. The van der Waals surface area contributed by atoms with Crippen molar-refractivity contribution in [2.75, 3.05) is 18.1 Å². The zero-order valence-corrected chi connectivity index (χ0v) is 11.1. The Kier molecular flexibility index (Phi) is 5.53. The van der Waals surface area contributed by atoms with Crippen molar-refractivity contribution in [3.8, 4) is 0 Å². The molecular weight excluding hydrogens is 279 g/mol. The van der Waals surface area contributed by atoms with Gasteiger partial charge in [0.2, 0.25) is 0 Å². The van der Waals surface area contributed by atoms with E-state index >= 15 is 0 Å². The van der Waals surface area contributed by atoms with Crippen molar-refractivity contribution < 1.29 is 22.7 Å². The summed E-state index contributed by atoms with van der Waals surface area (Å²) in [5.74, 6) is 0.0782. The van der Waals surface area contributed by atoms with Gasteiger partial charge in [-0.05, 0) is 25.1 Å². The Hall–Kier alpha value is -1.37. The quantitative estimate of drug-likeness (QED) is 0.514. The topological polar surface area (TPSA) is 52.3 Å². The third kappa shape index (κ3) is 5.02. The molecule has 3 nitrogen and oxygen atoms in total. The van der Waals surface area contributed by atoms with Crippen LogP contribution in [0, 0.1) is 0 Å². The normalized spacial score (nSPS) is 11.4. The summed E-state index contributed by atoms with van der Waals surface area (Å²) in [6.45, 7) is 2.02. The molecule has 1 rings (SSSR count). The van der Waals surface area contributed by atoms with E-state index in [2.05, 4.69) is 0 Å². The predicted molar refractivity (Wildman–Crippen MR) is 67.8 cm³/mol. The number of nitrogen functional groups attached to an aromatic ring is 1. The van der Waals surface area contributed by atoms with Crippen LogP contribution in [0.2, 0.25) is 0 Å². The van der Waals surface area contributed by atoms with Gasteiger partial charge in [0, 0.05) is 16.3 Å². The molecule has 0 bridgehead atoms. The third-order valence-electron chi connectivity index (χ3n) is 2.21. The van der Waals surface area contributed by atoms with E-state index in [0.717, 1.165) is 12.1 Å². The molecule has 106 valence electrons. The molecule has 0 spiro atoms. The van der Waals surface area contributed by atoms with Gasteiger partial charge in [0.15, 0.2) is 0 Å². The zero-order chi connectivity index (χ0) is 14.5. The average Bonchev–Trinajstić information content (AvgIpc) is 2.30. The van der Waals surface area contributed by atoms with Crippen LogP contribution in [0.15, 0.2) is 23.1 Å². The first-order valence-electron chi connectivity index (χ1n) is 5.59. The molecular formula is C12H14F3NO2S. The lowest BCUT2D eigenvalue weighted by molar-refractivity contribution is -0.142. The lowest BCUT2D eigenvalue weighted by Gasteiger charge is -2.10. The van der Waals surface area contributed by atoms with Crippen LogP contribution in [0.5, 0.6) is 0 Å². The van der Waals surface area contributed by atoms with Gasteiger partial charge in [0.1, 0.15) is 0 Å². The molecule has 2 N–H and O–H groups in total. The van der Waals surface area contributed by atoms with Gasteiger partial charge in [-0.1, -0.05) is 0 Å². The number of alkyl halides is 3. The van der Waals surface area contributed by atoms with Crippen LogP contribution < -0.4 is 5.73 Å². The van der Waals surface area contributed by atoms with Gasteiger partial charge < -0.3 is 10.5 Å². The summed E-state index contributed by atoms with van der Waals surface area (Å²) in [6.07, 6.45) is -4.21. The van der Waals surface area contributed by atoms with Crippen LogP contribution in [0.25, 0.3) is 0 Å². The molecule has 0 saturated carbocycles. The largest absolute Gasteiger partial charge is 0.466 e. The molecule has 0 aliphatic heterocycles. The highest BCUT2D eigenvalue weighted by Gasteiger charge is 2.30. The van der Waals surface area contributed by atoms with E-state index in [4.69, 9.17) is 10.5 Å². The van der Waals surface area contributed by atoms with Crippen LogP contribution in [0.1, 0.15) is 18.9 Å². The zero-order valence-electron chi connectivity index (χ0n) is 10.3.